The minimum atomic E-state index is 0.828. The summed E-state index contributed by atoms with van der Waals surface area (Å²) in [5.74, 6) is 0. The Kier molecular flexibility index (Phi) is 6.19. The highest BCUT2D eigenvalue weighted by atomic mass is 31.1. The minimum absolute atomic E-state index is 0.828. The van der Waals surface area contributed by atoms with Gasteiger partial charge in [-0.1, -0.05) is 63.2 Å². The first-order valence-electron chi connectivity index (χ1n) is 8.15. The van der Waals surface area contributed by atoms with Crippen LogP contribution in [0.2, 0.25) is 0 Å². The molecule has 0 fully saturated rings. The van der Waals surface area contributed by atoms with Crippen molar-refractivity contribution in [1.82, 2.24) is 0 Å². The maximum Gasteiger partial charge on any atom is -0.0128 e. The van der Waals surface area contributed by atoms with Crippen LogP contribution in [-0.4, -0.2) is 6.66 Å². The van der Waals surface area contributed by atoms with Crippen LogP contribution in [0.4, 0.5) is 0 Å². The van der Waals surface area contributed by atoms with Crippen LogP contribution in [0.25, 0.3) is 22.3 Å². The zero-order valence-corrected chi connectivity index (χ0v) is 17.2. The van der Waals surface area contributed by atoms with Gasteiger partial charge in [-0.2, -0.15) is 0 Å². The molecule has 0 saturated carbocycles. The van der Waals surface area contributed by atoms with E-state index < -0.39 is 0 Å². The van der Waals surface area contributed by atoms with E-state index in [1.807, 2.05) is 0 Å². The standard InChI is InChI=1S/C21H23P3/c1-24-21-10-16(14-23)9-20(12-21)19-4-2-3-18(11-19)17-7-5-15(13-22)6-8-17/h2-12,24H,13-14,22-23H2,1H3. The van der Waals surface area contributed by atoms with E-state index in [9.17, 15) is 0 Å². The van der Waals surface area contributed by atoms with Crippen molar-refractivity contribution >= 4 is 32.4 Å². The fourth-order valence-electron chi connectivity index (χ4n) is 2.83. The van der Waals surface area contributed by atoms with E-state index in [0.29, 0.717) is 0 Å². The van der Waals surface area contributed by atoms with E-state index in [-0.39, 0.29) is 0 Å². The van der Waals surface area contributed by atoms with Crippen LogP contribution in [0.1, 0.15) is 11.1 Å². The summed E-state index contributed by atoms with van der Waals surface area (Å²) in [6.45, 7) is 2.25. The number of hydrogen-bond donors (Lipinski definition) is 0. The molecule has 24 heavy (non-hydrogen) atoms. The second-order valence-corrected chi connectivity index (χ2v) is 7.75. The summed E-state index contributed by atoms with van der Waals surface area (Å²) in [4.78, 5) is 0. The summed E-state index contributed by atoms with van der Waals surface area (Å²) in [6, 6.07) is 24.7. The first-order valence-corrected chi connectivity index (χ1v) is 11.3. The Balaban J connectivity index is 2.01. The molecule has 0 aliphatic rings. The van der Waals surface area contributed by atoms with Crippen molar-refractivity contribution in [2.75, 3.05) is 6.66 Å². The van der Waals surface area contributed by atoms with Crippen molar-refractivity contribution in [3.05, 3.63) is 77.9 Å². The Labute approximate surface area is 151 Å². The predicted molar refractivity (Wildman–Crippen MR) is 118 cm³/mol. The quantitative estimate of drug-likeness (QED) is 0.507. The average molecular weight is 368 g/mol. The third kappa shape index (κ3) is 4.13. The summed E-state index contributed by atoms with van der Waals surface area (Å²) in [5, 5.41) is 1.43. The van der Waals surface area contributed by atoms with Crippen molar-refractivity contribution in [3.8, 4) is 22.3 Å². The molecule has 0 aliphatic carbocycles. The largest absolute Gasteiger partial charge is 0.133 e. The van der Waals surface area contributed by atoms with Gasteiger partial charge in [-0.15, -0.1) is 18.5 Å². The molecule has 3 atom stereocenters. The van der Waals surface area contributed by atoms with Gasteiger partial charge in [0.05, 0.1) is 0 Å². The summed E-state index contributed by atoms with van der Waals surface area (Å²) >= 11 is 0. The van der Waals surface area contributed by atoms with Crippen LogP contribution in [0.5, 0.6) is 0 Å². The van der Waals surface area contributed by atoms with Crippen LogP contribution in [0.3, 0.4) is 0 Å². The van der Waals surface area contributed by atoms with Crippen molar-refractivity contribution in [3.63, 3.8) is 0 Å². The van der Waals surface area contributed by atoms with Gasteiger partial charge in [0.2, 0.25) is 0 Å². The lowest BCUT2D eigenvalue weighted by Crippen LogP contribution is -1.97. The van der Waals surface area contributed by atoms with Gasteiger partial charge in [0.25, 0.3) is 0 Å². The molecule has 0 saturated heterocycles. The molecule has 0 N–H and O–H groups in total. The molecule has 3 rings (SSSR count). The molecule has 3 aromatic rings. The lowest BCUT2D eigenvalue weighted by molar-refractivity contribution is 1.42. The Morgan fingerprint density at radius 1 is 0.667 bits per heavy atom. The molecule has 3 aromatic carbocycles. The number of hydrogen-bond acceptors (Lipinski definition) is 0. The highest BCUT2D eigenvalue weighted by Gasteiger charge is 2.05. The van der Waals surface area contributed by atoms with Crippen LogP contribution in [0, 0.1) is 0 Å². The third-order valence-corrected chi connectivity index (χ3v) is 6.04. The monoisotopic (exact) mass is 368 g/mol. The van der Waals surface area contributed by atoms with Crippen molar-refractivity contribution < 1.29 is 0 Å². The summed E-state index contributed by atoms with van der Waals surface area (Å²) in [6.07, 6.45) is 2.00. The Bertz CT molecular complexity index is 800. The molecule has 122 valence electrons. The van der Waals surface area contributed by atoms with Crippen LogP contribution >= 0.6 is 27.1 Å². The van der Waals surface area contributed by atoms with E-state index in [2.05, 4.69) is 91.9 Å². The predicted octanol–water partition coefficient (Wildman–Crippen LogP) is 5.70. The summed E-state index contributed by atoms with van der Waals surface area (Å²) < 4.78 is 0. The molecular formula is C21H23P3. The van der Waals surface area contributed by atoms with Crippen LogP contribution in [-0.2, 0) is 12.3 Å². The highest BCUT2D eigenvalue weighted by Crippen LogP contribution is 2.28. The van der Waals surface area contributed by atoms with E-state index in [1.165, 1.54) is 38.7 Å². The Morgan fingerprint density at radius 2 is 1.33 bits per heavy atom. The Morgan fingerprint density at radius 3 is 1.96 bits per heavy atom. The summed E-state index contributed by atoms with van der Waals surface area (Å²) in [5.41, 5.74) is 7.90. The fourth-order valence-corrected chi connectivity index (χ4v) is 3.97. The number of rotatable bonds is 5. The molecule has 0 aromatic heterocycles. The second-order valence-electron chi connectivity index (χ2n) is 5.85. The molecule has 0 heterocycles. The molecular weight excluding hydrogens is 345 g/mol. The lowest BCUT2D eigenvalue weighted by atomic mass is 9.98. The normalized spacial score (nSPS) is 11.3. The van der Waals surface area contributed by atoms with Gasteiger partial charge in [-0.05, 0) is 69.8 Å². The first-order chi connectivity index (χ1) is 11.7. The van der Waals surface area contributed by atoms with Gasteiger partial charge in [0.15, 0.2) is 0 Å². The molecule has 0 aliphatic heterocycles. The molecule has 3 unspecified atom stereocenters. The van der Waals surface area contributed by atoms with Crippen molar-refractivity contribution in [2.45, 2.75) is 12.3 Å². The zero-order chi connectivity index (χ0) is 16.9. The smallest absolute Gasteiger partial charge is 0.0128 e. The summed E-state index contributed by atoms with van der Waals surface area (Å²) in [7, 11) is 6.44. The van der Waals surface area contributed by atoms with E-state index in [1.54, 1.807) is 0 Å². The van der Waals surface area contributed by atoms with Crippen molar-refractivity contribution in [1.29, 1.82) is 0 Å². The van der Waals surface area contributed by atoms with Gasteiger partial charge < -0.3 is 0 Å². The average Bonchev–Trinajstić information content (AvgIpc) is 2.67. The van der Waals surface area contributed by atoms with Crippen LogP contribution in [0.15, 0.2) is 66.7 Å². The van der Waals surface area contributed by atoms with E-state index in [0.717, 1.165) is 20.9 Å². The third-order valence-electron chi connectivity index (χ3n) is 4.24. The van der Waals surface area contributed by atoms with Gasteiger partial charge in [-0.25, -0.2) is 0 Å². The molecule has 0 radical (unpaired) electrons. The van der Waals surface area contributed by atoms with E-state index in [4.69, 9.17) is 0 Å². The SMILES string of the molecule is CPc1cc(CP)cc(-c2cccc(-c3ccc(CP)cc3)c2)c1. The number of benzene rings is 3. The molecule has 0 spiro atoms. The molecule has 0 nitrogen and oxygen atoms in total. The molecule has 3 heteroatoms. The second kappa shape index (κ2) is 8.36. The lowest BCUT2D eigenvalue weighted by Gasteiger charge is -2.10. The molecule has 0 amide bonds. The maximum absolute atomic E-state index is 2.83. The fraction of sp³-hybridized carbons (Fsp3) is 0.143. The first kappa shape index (κ1) is 17.8. The zero-order valence-electron chi connectivity index (χ0n) is 13.9. The van der Waals surface area contributed by atoms with Gasteiger partial charge in [0, 0.05) is 0 Å². The van der Waals surface area contributed by atoms with Gasteiger partial charge >= 0.3 is 0 Å². The van der Waals surface area contributed by atoms with Crippen molar-refractivity contribution in [2.24, 2.45) is 0 Å². The van der Waals surface area contributed by atoms with Gasteiger partial charge in [-0.3, -0.25) is 0 Å². The van der Waals surface area contributed by atoms with Crippen LogP contribution < -0.4 is 5.30 Å². The van der Waals surface area contributed by atoms with E-state index >= 15 is 0 Å². The topological polar surface area (TPSA) is 0 Å². The highest BCUT2D eigenvalue weighted by molar-refractivity contribution is 7.46. The Hall–Kier alpha value is -1.05. The van der Waals surface area contributed by atoms with Gasteiger partial charge in [0.1, 0.15) is 0 Å². The minimum Gasteiger partial charge on any atom is -0.133 e. The maximum atomic E-state index is 2.83. The molecule has 0 bridgehead atoms.